The molecule has 0 radical (unpaired) electrons. The molecule has 0 saturated heterocycles. The largest absolute Gasteiger partial charge is 0.388 e. The second-order valence-corrected chi connectivity index (χ2v) is 5.51. The molecule has 3 nitrogen and oxygen atoms in total. The minimum absolute atomic E-state index is 0.390. The van der Waals surface area contributed by atoms with Crippen LogP contribution in [0, 0.1) is 5.92 Å². The lowest BCUT2D eigenvalue weighted by atomic mass is 10.0. The molecule has 4 heteroatoms. The van der Waals surface area contributed by atoms with E-state index in [1.807, 2.05) is 12.3 Å². The summed E-state index contributed by atoms with van der Waals surface area (Å²) < 4.78 is 0. The maximum atomic E-state index is 5.44. The quantitative estimate of drug-likeness (QED) is 0.342. The Balaban J connectivity index is 4.10. The molecule has 0 rings (SSSR count). The van der Waals surface area contributed by atoms with Gasteiger partial charge in [-0.05, 0) is 32.0 Å². The van der Waals surface area contributed by atoms with Crippen LogP contribution < -0.4 is 11.1 Å². The van der Waals surface area contributed by atoms with Gasteiger partial charge in [-0.1, -0.05) is 36.4 Å². The SMILES string of the molecule is C=C(/C=C\NC(C)[C@@H](C)[C@@H](C)Br)N=C(C)N. The Morgan fingerprint density at radius 1 is 1.44 bits per heavy atom. The van der Waals surface area contributed by atoms with Gasteiger partial charge in [0.15, 0.2) is 0 Å². The highest BCUT2D eigenvalue weighted by atomic mass is 79.9. The topological polar surface area (TPSA) is 50.4 Å². The molecule has 0 aromatic carbocycles. The van der Waals surface area contributed by atoms with E-state index >= 15 is 0 Å². The van der Waals surface area contributed by atoms with E-state index < -0.39 is 0 Å². The molecule has 16 heavy (non-hydrogen) atoms. The molecular formula is C12H22BrN3. The second kappa shape index (κ2) is 7.49. The summed E-state index contributed by atoms with van der Waals surface area (Å²) in [6.07, 6.45) is 3.68. The number of hydrogen-bond donors (Lipinski definition) is 2. The van der Waals surface area contributed by atoms with E-state index in [0.29, 0.717) is 28.3 Å². The average molecular weight is 288 g/mol. The molecule has 0 heterocycles. The third-order valence-electron chi connectivity index (χ3n) is 2.47. The molecule has 0 aromatic heterocycles. The third-order valence-corrected chi connectivity index (χ3v) is 3.30. The number of nitrogens with one attached hydrogen (secondary N) is 1. The smallest absolute Gasteiger partial charge is 0.0964 e. The summed E-state index contributed by atoms with van der Waals surface area (Å²) in [5.41, 5.74) is 6.09. The zero-order valence-corrected chi connectivity index (χ0v) is 12.1. The van der Waals surface area contributed by atoms with Crippen molar-refractivity contribution < 1.29 is 0 Å². The van der Waals surface area contributed by atoms with Gasteiger partial charge in [0, 0.05) is 10.9 Å². The lowest BCUT2D eigenvalue weighted by molar-refractivity contribution is 0.439. The molecule has 0 fully saturated rings. The molecule has 92 valence electrons. The van der Waals surface area contributed by atoms with Gasteiger partial charge in [-0.25, -0.2) is 4.99 Å². The van der Waals surface area contributed by atoms with Crippen molar-refractivity contribution in [3.63, 3.8) is 0 Å². The number of nitrogens with zero attached hydrogens (tertiary/aromatic N) is 1. The maximum Gasteiger partial charge on any atom is 0.0964 e. The molecule has 3 atom stereocenters. The lowest BCUT2D eigenvalue weighted by Gasteiger charge is -2.22. The van der Waals surface area contributed by atoms with Gasteiger partial charge in [0.05, 0.1) is 11.5 Å². The first-order valence-electron chi connectivity index (χ1n) is 5.41. The Hall–Kier alpha value is -0.770. The van der Waals surface area contributed by atoms with Crippen LogP contribution >= 0.6 is 15.9 Å². The predicted molar refractivity (Wildman–Crippen MR) is 75.7 cm³/mol. The van der Waals surface area contributed by atoms with Crippen molar-refractivity contribution in [1.82, 2.24) is 5.32 Å². The molecule has 0 saturated carbocycles. The molecule has 3 N–H and O–H groups in total. The normalized spacial score (nSPS) is 18.2. The number of rotatable bonds is 6. The van der Waals surface area contributed by atoms with E-state index in [0.717, 1.165) is 0 Å². The van der Waals surface area contributed by atoms with E-state index in [1.54, 1.807) is 6.92 Å². The van der Waals surface area contributed by atoms with Crippen LogP contribution in [0.2, 0.25) is 0 Å². The van der Waals surface area contributed by atoms with Gasteiger partial charge in [-0.2, -0.15) is 0 Å². The first-order valence-corrected chi connectivity index (χ1v) is 6.32. The number of amidine groups is 1. The fourth-order valence-corrected chi connectivity index (χ4v) is 1.57. The van der Waals surface area contributed by atoms with Gasteiger partial charge in [0.25, 0.3) is 0 Å². The van der Waals surface area contributed by atoms with E-state index in [4.69, 9.17) is 5.73 Å². The van der Waals surface area contributed by atoms with Crippen LogP contribution in [-0.4, -0.2) is 16.7 Å². The molecule has 0 amide bonds. The molecule has 0 bridgehead atoms. The molecule has 0 aliphatic rings. The highest BCUT2D eigenvalue weighted by molar-refractivity contribution is 9.09. The Morgan fingerprint density at radius 2 is 2.00 bits per heavy atom. The summed E-state index contributed by atoms with van der Waals surface area (Å²) in [5.74, 6) is 1.06. The molecule has 0 aromatic rings. The van der Waals surface area contributed by atoms with Crippen LogP contribution in [0.25, 0.3) is 0 Å². The van der Waals surface area contributed by atoms with E-state index in [9.17, 15) is 0 Å². The van der Waals surface area contributed by atoms with Crippen LogP contribution in [0.15, 0.2) is 29.5 Å². The summed E-state index contributed by atoms with van der Waals surface area (Å²) in [6, 6.07) is 0.390. The van der Waals surface area contributed by atoms with Crippen LogP contribution in [-0.2, 0) is 0 Å². The Labute approximate surface area is 107 Å². The number of allylic oxidation sites excluding steroid dienone is 1. The van der Waals surface area contributed by atoms with Crippen molar-refractivity contribution in [2.24, 2.45) is 16.6 Å². The predicted octanol–water partition coefficient (Wildman–Crippen LogP) is 2.79. The summed E-state index contributed by atoms with van der Waals surface area (Å²) in [7, 11) is 0. The van der Waals surface area contributed by atoms with E-state index in [-0.39, 0.29) is 0 Å². The number of aliphatic imine (C=N–C) groups is 1. The van der Waals surface area contributed by atoms with Crippen LogP contribution in [0.4, 0.5) is 0 Å². The number of halogens is 1. The second-order valence-electron chi connectivity index (χ2n) is 4.07. The summed E-state index contributed by atoms with van der Waals surface area (Å²) in [4.78, 5) is 4.50. The Morgan fingerprint density at radius 3 is 2.44 bits per heavy atom. The molecule has 0 spiro atoms. The van der Waals surface area contributed by atoms with Crippen LogP contribution in [0.1, 0.15) is 27.7 Å². The van der Waals surface area contributed by atoms with Crippen molar-refractivity contribution in [3.8, 4) is 0 Å². The highest BCUT2D eigenvalue weighted by Crippen LogP contribution is 2.15. The standard InChI is InChI=1S/C12H22BrN3/c1-8(16-12(5)14)6-7-15-11(4)9(2)10(3)13/h6-7,9-11,15H,1H2,2-5H3,(H2,14,16)/b7-6-/t9-,10+,11?/m0/s1. The zero-order chi connectivity index (χ0) is 12.7. The number of nitrogens with two attached hydrogens (primary N) is 1. The van der Waals surface area contributed by atoms with Gasteiger partial charge >= 0.3 is 0 Å². The van der Waals surface area contributed by atoms with Gasteiger partial charge in [-0.3, -0.25) is 0 Å². The van der Waals surface area contributed by atoms with Gasteiger partial charge in [0.2, 0.25) is 0 Å². The Kier molecular flexibility index (Phi) is 7.13. The van der Waals surface area contributed by atoms with Crippen molar-refractivity contribution in [1.29, 1.82) is 0 Å². The van der Waals surface area contributed by atoms with Crippen molar-refractivity contribution in [2.45, 2.75) is 38.6 Å². The highest BCUT2D eigenvalue weighted by Gasteiger charge is 2.14. The number of hydrogen-bond acceptors (Lipinski definition) is 2. The maximum absolute atomic E-state index is 5.44. The van der Waals surface area contributed by atoms with E-state index in [1.165, 1.54) is 0 Å². The van der Waals surface area contributed by atoms with Crippen molar-refractivity contribution in [2.75, 3.05) is 0 Å². The summed E-state index contributed by atoms with van der Waals surface area (Å²) >= 11 is 3.57. The average Bonchev–Trinajstić information content (AvgIpc) is 2.14. The first-order chi connectivity index (χ1) is 7.34. The molecule has 0 aliphatic carbocycles. The Bertz CT molecular complexity index is 278. The summed E-state index contributed by atoms with van der Waals surface area (Å²) in [6.45, 7) is 12.0. The monoisotopic (exact) mass is 287 g/mol. The fraction of sp³-hybridized carbons (Fsp3) is 0.583. The minimum Gasteiger partial charge on any atom is -0.388 e. The van der Waals surface area contributed by atoms with Crippen LogP contribution in [0.3, 0.4) is 0 Å². The van der Waals surface area contributed by atoms with Crippen LogP contribution in [0.5, 0.6) is 0 Å². The molecular weight excluding hydrogens is 266 g/mol. The van der Waals surface area contributed by atoms with E-state index in [2.05, 4.69) is 53.6 Å². The van der Waals surface area contributed by atoms with Crippen molar-refractivity contribution in [3.05, 3.63) is 24.6 Å². The first kappa shape index (κ1) is 15.2. The lowest BCUT2D eigenvalue weighted by Crippen LogP contribution is -2.32. The van der Waals surface area contributed by atoms with Gasteiger partial charge < -0.3 is 11.1 Å². The summed E-state index contributed by atoms with van der Waals surface area (Å²) in [5, 5.41) is 3.29. The number of alkyl halides is 1. The fourth-order valence-electron chi connectivity index (χ4n) is 1.11. The third kappa shape index (κ3) is 6.67. The zero-order valence-electron chi connectivity index (χ0n) is 10.5. The molecule has 1 unspecified atom stereocenters. The molecule has 0 aliphatic heterocycles. The van der Waals surface area contributed by atoms with Gasteiger partial charge in [0.1, 0.15) is 0 Å². The van der Waals surface area contributed by atoms with Gasteiger partial charge in [-0.15, -0.1) is 0 Å². The van der Waals surface area contributed by atoms with Crippen molar-refractivity contribution >= 4 is 21.8 Å². The minimum atomic E-state index is 0.390.